The van der Waals surface area contributed by atoms with E-state index in [0.29, 0.717) is 23.2 Å². The molecule has 0 unspecified atom stereocenters. The summed E-state index contributed by atoms with van der Waals surface area (Å²) in [5.41, 5.74) is -0.512. The van der Waals surface area contributed by atoms with Crippen molar-refractivity contribution in [3.05, 3.63) is 94.3 Å². The molecule has 2 atom stereocenters. The number of likely N-dealkylation sites (tertiary alicyclic amines) is 1. The summed E-state index contributed by atoms with van der Waals surface area (Å²) in [6.07, 6.45) is -0.251. The number of nitrogens with one attached hydrogen (secondary N) is 1. The smallest absolute Gasteiger partial charge is 0.382 e. The van der Waals surface area contributed by atoms with Crippen molar-refractivity contribution < 1.29 is 41.5 Å². The van der Waals surface area contributed by atoms with Crippen LogP contribution in [0.3, 0.4) is 0 Å². The van der Waals surface area contributed by atoms with Gasteiger partial charge < -0.3 is 20.0 Å². The first-order valence-corrected chi connectivity index (χ1v) is 16.7. The first kappa shape index (κ1) is 33.6. The summed E-state index contributed by atoms with van der Waals surface area (Å²) in [7, 11) is -5.53. The topological polar surface area (TPSA) is 110 Å². The molecule has 3 aromatic rings. The maximum atomic E-state index is 15.0. The quantitative estimate of drug-likeness (QED) is 0.178. The second kappa shape index (κ2) is 13.2. The minimum Gasteiger partial charge on any atom is -0.382 e. The Labute approximate surface area is 264 Å². The van der Waals surface area contributed by atoms with Gasteiger partial charge in [-0.1, -0.05) is 43.2 Å². The van der Waals surface area contributed by atoms with Crippen molar-refractivity contribution in [2.75, 3.05) is 16.5 Å². The lowest BCUT2D eigenvalue weighted by Crippen LogP contribution is -2.48. The van der Waals surface area contributed by atoms with Gasteiger partial charge in [0.1, 0.15) is 5.82 Å². The van der Waals surface area contributed by atoms with Crippen LogP contribution >= 0.6 is 7.75 Å². The molecule has 1 aliphatic carbocycles. The number of hydrogen-bond donors (Lipinski definition) is 3. The zero-order valence-electron chi connectivity index (χ0n) is 25.4. The average molecular weight is 662 g/mol. The van der Waals surface area contributed by atoms with Gasteiger partial charge in [-0.05, 0) is 86.6 Å². The summed E-state index contributed by atoms with van der Waals surface area (Å²) >= 11 is 0. The van der Waals surface area contributed by atoms with Gasteiger partial charge in [-0.2, -0.15) is 13.2 Å². The third kappa shape index (κ3) is 6.99. The van der Waals surface area contributed by atoms with Crippen molar-refractivity contribution in [3.63, 3.8) is 0 Å². The second-order valence-electron chi connectivity index (χ2n) is 12.0. The molecule has 5 rings (SSSR count). The number of benzene rings is 3. The lowest BCUT2D eigenvalue weighted by molar-refractivity contribution is -0.138. The molecule has 1 saturated carbocycles. The normalized spacial score (nSPS) is 19.3. The Bertz CT molecular complexity index is 1630. The van der Waals surface area contributed by atoms with E-state index in [0.717, 1.165) is 49.6 Å². The van der Waals surface area contributed by atoms with Gasteiger partial charge in [-0.25, -0.2) is 13.6 Å². The van der Waals surface area contributed by atoms with Crippen LogP contribution in [0.4, 0.5) is 28.9 Å². The van der Waals surface area contributed by atoms with E-state index in [4.69, 9.17) is 0 Å². The van der Waals surface area contributed by atoms with Crippen molar-refractivity contribution in [3.8, 4) is 0 Å². The molecule has 3 aromatic carbocycles. The molecular formula is C33H36F4N3O5P. The number of carbonyl (C=O) groups excluding carboxylic acids is 2. The van der Waals surface area contributed by atoms with Gasteiger partial charge >= 0.3 is 13.9 Å². The van der Waals surface area contributed by atoms with Crippen LogP contribution < -0.4 is 9.99 Å². The van der Waals surface area contributed by atoms with Crippen molar-refractivity contribution in [2.24, 2.45) is 5.92 Å². The molecule has 246 valence electrons. The number of piperidine rings is 1. The Morgan fingerprint density at radius 2 is 1.61 bits per heavy atom. The number of halogens is 4. The van der Waals surface area contributed by atoms with E-state index in [2.05, 4.69) is 5.32 Å². The molecule has 2 aliphatic rings. The van der Waals surface area contributed by atoms with Crippen LogP contribution in [0.2, 0.25) is 0 Å². The second-order valence-corrected chi connectivity index (χ2v) is 13.5. The van der Waals surface area contributed by atoms with Gasteiger partial charge in [0.05, 0.1) is 28.8 Å². The van der Waals surface area contributed by atoms with Crippen LogP contribution in [0.1, 0.15) is 77.2 Å². The predicted octanol–water partition coefficient (Wildman–Crippen LogP) is 7.54. The summed E-state index contributed by atoms with van der Waals surface area (Å²) in [6, 6.07) is 13.0. The van der Waals surface area contributed by atoms with Crippen molar-refractivity contribution in [1.82, 2.24) is 4.90 Å². The molecule has 2 amide bonds. The molecular weight excluding hydrogens is 625 g/mol. The number of anilines is 2. The highest BCUT2D eigenvalue weighted by atomic mass is 31.2. The lowest BCUT2D eigenvalue weighted by atomic mass is 9.83. The Morgan fingerprint density at radius 3 is 2.22 bits per heavy atom. The van der Waals surface area contributed by atoms with Crippen LogP contribution in [-0.4, -0.2) is 39.1 Å². The zero-order chi connectivity index (χ0) is 33.4. The molecule has 2 fully saturated rings. The highest BCUT2D eigenvalue weighted by Gasteiger charge is 2.46. The van der Waals surface area contributed by atoms with Crippen LogP contribution in [-0.2, 0) is 15.5 Å². The van der Waals surface area contributed by atoms with Gasteiger partial charge in [-0.15, -0.1) is 0 Å². The van der Waals surface area contributed by atoms with Crippen LogP contribution in [0, 0.1) is 25.6 Å². The fraction of sp³-hybridized carbons (Fsp3) is 0.394. The van der Waals surface area contributed by atoms with E-state index in [1.54, 1.807) is 37.3 Å². The Morgan fingerprint density at radius 1 is 0.935 bits per heavy atom. The minimum absolute atomic E-state index is 0.0695. The Balaban J connectivity index is 1.59. The van der Waals surface area contributed by atoms with E-state index in [-0.39, 0.29) is 35.2 Å². The standard InChI is InChI=1S/C33H36F4N3O5P/c1-20-12-17-25(19-27(20)33(35,36)37)40(46(43,44)45)31(41)26-10-6-18-39(32(42)29-21(2)7-5-11-28(29)34)30(26)22-13-15-24(16-14-22)38-23-8-3-4-9-23/h5,7,11-17,19,23,26,30,38H,3-4,6,8-10,18H2,1-2H3,(H2,43,44,45)/t26-,30-/m0/s1. The first-order valence-electron chi connectivity index (χ1n) is 15.2. The lowest BCUT2D eigenvalue weighted by Gasteiger charge is -2.42. The summed E-state index contributed by atoms with van der Waals surface area (Å²) in [4.78, 5) is 50.2. The molecule has 1 heterocycles. The van der Waals surface area contributed by atoms with E-state index >= 15 is 4.39 Å². The van der Waals surface area contributed by atoms with Gasteiger partial charge in [0.2, 0.25) is 5.91 Å². The van der Waals surface area contributed by atoms with E-state index in [1.165, 1.54) is 17.9 Å². The maximum Gasteiger partial charge on any atom is 0.436 e. The molecule has 0 spiro atoms. The molecule has 0 aromatic heterocycles. The molecule has 0 radical (unpaired) electrons. The molecule has 1 aliphatic heterocycles. The number of alkyl halides is 3. The first-order chi connectivity index (χ1) is 21.7. The Kier molecular flexibility index (Phi) is 9.63. The van der Waals surface area contributed by atoms with Crippen molar-refractivity contribution >= 4 is 30.9 Å². The maximum absolute atomic E-state index is 15.0. The average Bonchev–Trinajstić information content (AvgIpc) is 3.50. The number of hydrogen-bond acceptors (Lipinski definition) is 4. The minimum atomic E-state index is -5.53. The molecule has 3 N–H and O–H groups in total. The highest BCUT2D eigenvalue weighted by molar-refractivity contribution is 7.54. The number of aryl methyl sites for hydroxylation is 2. The third-order valence-electron chi connectivity index (χ3n) is 8.86. The molecule has 13 heteroatoms. The fourth-order valence-corrected chi connectivity index (χ4v) is 7.46. The number of rotatable bonds is 7. The summed E-state index contributed by atoms with van der Waals surface area (Å²) in [5.74, 6) is -3.89. The van der Waals surface area contributed by atoms with Crippen LogP contribution in [0.5, 0.6) is 0 Å². The fourth-order valence-electron chi connectivity index (χ4n) is 6.63. The zero-order valence-corrected chi connectivity index (χ0v) is 26.3. The monoisotopic (exact) mass is 661 g/mol. The van der Waals surface area contributed by atoms with Crippen LogP contribution in [0.15, 0.2) is 60.7 Å². The van der Waals surface area contributed by atoms with Gasteiger partial charge in [0, 0.05) is 18.3 Å². The molecule has 46 heavy (non-hydrogen) atoms. The largest absolute Gasteiger partial charge is 0.436 e. The number of nitrogens with zero attached hydrogens (tertiary/aromatic N) is 2. The van der Waals surface area contributed by atoms with Crippen molar-refractivity contribution in [2.45, 2.75) is 70.6 Å². The summed E-state index contributed by atoms with van der Waals surface area (Å²) in [6.45, 7) is 2.89. The highest BCUT2D eigenvalue weighted by Crippen LogP contribution is 2.49. The summed E-state index contributed by atoms with van der Waals surface area (Å²) in [5, 5.41) is 3.46. The summed E-state index contributed by atoms with van der Waals surface area (Å²) < 4.78 is 69.3. The van der Waals surface area contributed by atoms with Gasteiger partial charge in [0.15, 0.2) is 0 Å². The van der Waals surface area contributed by atoms with E-state index in [9.17, 15) is 37.1 Å². The SMILES string of the molecule is Cc1ccc(N(C(=O)[C@H]2CCCN(C(=O)c3c(C)cccc3F)[C@H]2c2ccc(NC3CCCC3)cc2)P(=O)(O)O)cc1C(F)(F)F. The molecule has 0 bridgehead atoms. The third-order valence-corrected chi connectivity index (χ3v) is 9.81. The van der Waals surface area contributed by atoms with E-state index < -0.39 is 54.8 Å². The van der Waals surface area contributed by atoms with Gasteiger partial charge in [0.25, 0.3) is 5.91 Å². The van der Waals surface area contributed by atoms with Crippen molar-refractivity contribution in [1.29, 1.82) is 0 Å². The molecule has 1 saturated heterocycles. The Hall–Kier alpha value is -3.73. The van der Waals surface area contributed by atoms with Crippen LogP contribution in [0.25, 0.3) is 0 Å². The number of carbonyl (C=O) groups is 2. The predicted molar refractivity (Wildman–Crippen MR) is 166 cm³/mol. The molecule has 8 nitrogen and oxygen atoms in total. The van der Waals surface area contributed by atoms with Gasteiger partial charge in [-0.3, -0.25) is 9.59 Å². The van der Waals surface area contributed by atoms with E-state index in [1.807, 2.05) is 0 Å². The number of amides is 2.